The van der Waals surface area contributed by atoms with Crippen LogP contribution in [0.4, 0.5) is 5.69 Å². The third kappa shape index (κ3) is 4.46. The second-order valence-electron chi connectivity index (χ2n) is 4.68. The first-order valence-electron chi connectivity index (χ1n) is 6.42. The smallest absolute Gasteiger partial charge is 0.220 e. The number of hydrogen-bond acceptors (Lipinski definition) is 3. The summed E-state index contributed by atoms with van der Waals surface area (Å²) in [5.74, 6) is 0.121. The first kappa shape index (κ1) is 13.7. The van der Waals surface area contributed by atoms with Crippen molar-refractivity contribution in [3.8, 4) is 6.07 Å². The lowest BCUT2D eigenvalue weighted by Crippen LogP contribution is -2.25. The number of halogens is 1. The number of hydrogen-bond donors (Lipinski definition) is 2. The van der Waals surface area contributed by atoms with Crippen LogP contribution in [-0.4, -0.2) is 18.5 Å². The molecule has 0 aromatic heterocycles. The van der Waals surface area contributed by atoms with Crippen LogP contribution < -0.4 is 10.6 Å². The number of rotatable bonds is 6. The zero-order valence-electron chi connectivity index (χ0n) is 10.6. The van der Waals surface area contributed by atoms with Gasteiger partial charge < -0.3 is 10.6 Å². The van der Waals surface area contributed by atoms with Gasteiger partial charge in [0, 0.05) is 19.0 Å². The van der Waals surface area contributed by atoms with Crippen molar-refractivity contribution >= 4 is 23.2 Å². The number of benzene rings is 1. The second-order valence-corrected chi connectivity index (χ2v) is 5.09. The molecule has 0 unspecified atom stereocenters. The highest BCUT2D eigenvalue weighted by Gasteiger charge is 2.22. The summed E-state index contributed by atoms with van der Waals surface area (Å²) in [6.07, 6.45) is 3.52. The summed E-state index contributed by atoms with van der Waals surface area (Å²) in [7, 11) is 0. The number of anilines is 1. The van der Waals surface area contributed by atoms with Crippen molar-refractivity contribution in [3.05, 3.63) is 28.8 Å². The predicted octanol–water partition coefficient (Wildman–Crippen LogP) is 2.68. The Morgan fingerprint density at radius 3 is 2.89 bits per heavy atom. The van der Waals surface area contributed by atoms with E-state index in [0.717, 1.165) is 24.9 Å². The van der Waals surface area contributed by atoms with Crippen molar-refractivity contribution in [1.29, 1.82) is 5.26 Å². The number of nitrogens with zero attached hydrogens (tertiary/aromatic N) is 1. The van der Waals surface area contributed by atoms with Crippen LogP contribution >= 0.6 is 11.6 Å². The van der Waals surface area contributed by atoms with E-state index in [1.54, 1.807) is 18.2 Å². The number of amides is 1. The molecule has 2 rings (SSSR count). The maximum atomic E-state index is 11.5. The Labute approximate surface area is 117 Å². The Morgan fingerprint density at radius 1 is 1.47 bits per heavy atom. The van der Waals surface area contributed by atoms with Gasteiger partial charge in [-0.05, 0) is 37.5 Å². The largest absolute Gasteiger partial charge is 0.384 e. The summed E-state index contributed by atoms with van der Waals surface area (Å²) in [5.41, 5.74) is 1.34. The van der Waals surface area contributed by atoms with Crippen LogP contribution in [0.5, 0.6) is 0 Å². The average Bonchev–Trinajstić information content (AvgIpc) is 3.20. The van der Waals surface area contributed by atoms with Crippen molar-refractivity contribution in [1.82, 2.24) is 5.32 Å². The van der Waals surface area contributed by atoms with Crippen LogP contribution in [0, 0.1) is 11.3 Å². The minimum Gasteiger partial charge on any atom is -0.384 e. The summed E-state index contributed by atoms with van der Waals surface area (Å²) >= 11 is 6.03. The van der Waals surface area contributed by atoms with Crippen molar-refractivity contribution in [2.45, 2.75) is 31.7 Å². The zero-order valence-corrected chi connectivity index (χ0v) is 11.3. The van der Waals surface area contributed by atoms with Gasteiger partial charge in [-0.1, -0.05) is 11.6 Å². The highest BCUT2D eigenvalue weighted by Crippen LogP contribution is 2.22. The van der Waals surface area contributed by atoms with Gasteiger partial charge in [-0.15, -0.1) is 0 Å². The van der Waals surface area contributed by atoms with Crippen LogP contribution in [0.25, 0.3) is 0 Å². The average molecular weight is 278 g/mol. The molecule has 4 nitrogen and oxygen atoms in total. The second kappa shape index (κ2) is 6.44. The van der Waals surface area contributed by atoms with Crippen molar-refractivity contribution < 1.29 is 4.79 Å². The maximum absolute atomic E-state index is 11.5. The van der Waals surface area contributed by atoms with Crippen molar-refractivity contribution in [3.63, 3.8) is 0 Å². The van der Waals surface area contributed by atoms with Gasteiger partial charge in [-0.25, -0.2) is 0 Å². The molecule has 0 spiro atoms. The fourth-order valence-electron chi connectivity index (χ4n) is 1.73. The highest BCUT2D eigenvalue weighted by atomic mass is 35.5. The number of carbonyl (C=O) groups is 1. The lowest BCUT2D eigenvalue weighted by atomic mass is 10.2. The summed E-state index contributed by atoms with van der Waals surface area (Å²) in [5, 5.41) is 15.4. The number of nitrogens with one attached hydrogen (secondary N) is 2. The van der Waals surface area contributed by atoms with Crippen LogP contribution in [-0.2, 0) is 4.79 Å². The Bertz CT molecular complexity index is 506. The fourth-order valence-corrected chi connectivity index (χ4v) is 1.97. The SMILES string of the molecule is N#Cc1ccc(NCCCC(=O)NC2CC2)c(Cl)c1. The minimum absolute atomic E-state index is 0.121. The zero-order chi connectivity index (χ0) is 13.7. The molecule has 0 atom stereocenters. The third-order valence-corrected chi connectivity index (χ3v) is 3.25. The summed E-state index contributed by atoms with van der Waals surface area (Å²) in [4.78, 5) is 11.5. The highest BCUT2D eigenvalue weighted by molar-refractivity contribution is 6.33. The number of carbonyl (C=O) groups excluding carboxylic acids is 1. The molecule has 1 aliphatic carbocycles. The van der Waals surface area contributed by atoms with Gasteiger partial charge >= 0.3 is 0 Å². The molecule has 1 saturated carbocycles. The van der Waals surface area contributed by atoms with E-state index in [4.69, 9.17) is 16.9 Å². The van der Waals surface area contributed by atoms with Gasteiger partial charge in [0.2, 0.25) is 5.91 Å². The molecule has 5 heteroatoms. The van der Waals surface area contributed by atoms with Gasteiger partial charge in [0.15, 0.2) is 0 Å². The van der Waals surface area contributed by atoms with Gasteiger partial charge in [-0.3, -0.25) is 4.79 Å². The number of nitriles is 1. The van der Waals surface area contributed by atoms with Crippen LogP contribution in [0.1, 0.15) is 31.2 Å². The Balaban J connectivity index is 1.70. The van der Waals surface area contributed by atoms with E-state index < -0.39 is 0 Å². The standard InChI is InChI=1S/C14H16ClN3O/c15-12-8-10(9-16)3-6-13(12)17-7-1-2-14(19)18-11-4-5-11/h3,6,8,11,17H,1-2,4-5,7H2,(H,18,19). The monoisotopic (exact) mass is 277 g/mol. The molecule has 0 aliphatic heterocycles. The minimum atomic E-state index is 0.121. The van der Waals surface area contributed by atoms with E-state index >= 15 is 0 Å². The van der Waals surface area contributed by atoms with E-state index in [2.05, 4.69) is 10.6 Å². The molecule has 0 radical (unpaired) electrons. The Hall–Kier alpha value is -1.73. The lowest BCUT2D eigenvalue weighted by molar-refractivity contribution is -0.121. The van der Waals surface area contributed by atoms with E-state index in [0.29, 0.717) is 29.6 Å². The third-order valence-electron chi connectivity index (χ3n) is 2.94. The van der Waals surface area contributed by atoms with Crippen molar-refractivity contribution in [2.75, 3.05) is 11.9 Å². The molecule has 19 heavy (non-hydrogen) atoms. The lowest BCUT2D eigenvalue weighted by Gasteiger charge is -2.08. The molecule has 0 heterocycles. The topological polar surface area (TPSA) is 64.9 Å². The molecule has 1 fully saturated rings. The molecule has 2 N–H and O–H groups in total. The Kier molecular flexibility index (Phi) is 4.64. The molecule has 1 aromatic carbocycles. The first-order chi connectivity index (χ1) is 9.19. The molecular weight excluding hydrogens is 262 g/mol. The summed E-state index contributed by atoms with van der Waals surface area (Å²) in [6, 6.07) is 7.59. The molecule has 0 bridgehead atoms. The van der Waals surface area contributed by atoms with Gasteiger partial charge in [0.1, 0.15) is 0 Å². The van der Waals surface area contributed by atoms with Gasteiger partial charge in [0.05, 0.1) is 22.3 Å². The molecule has 0 saturated heterocycles. The quantitative estimate of drug-likeness (QED) is 0.786. The summed E-state index contributed by atoms with van der Waals surface area (Å²) in [6.45, 7) is 0.684. The van der Waals surface area contributed by atoms with Crippen molar-refractivity contribution in [2.24, 2.45) is 0 Å². The Morgan fingerprint density at radius 2 is 2.26 bits per heavy atom. The molecule has 1 amide bonds. The van der Waals surface area contributed by atoms with Crippen LogP contribution in [0.15, 0.2) is 18.2 Å². The molecule has 100 valence electrons. The van der Waals surface area contributed by atoms with Crippen LogP contribution in [0.2, 0.25) is 5.02 Å². The molecule has 1 aromatic rings. The van der Waals surface area contributed by atoms with E-state index in [9.17, 15) is 4.79 Å². The van der Waals surface area contributed by atoms with E-state index in [-0.39, 0.29) is 5.91 Å². The maximum Gasteiger partial charge on any atom is 0.220 e. The van der Waals surface area contributed by atoms with Gasteiger partial charge in [0.25, 0.3) is 0 Å². The predicted molar refractivity (Wildman–Crippen MR) is 75.1 cm³/mol. The van der Waals surface area contributed by atoms with E-state index in [1.807, 2.05) is 6.07 Å². The first-order valence-corrected chi connectivity index (χ1v) is 6.79. The van der Waals surface area contributed by atoms with Crippen LogP contribution in [0.3, 0.4) is 0 Å². The normalized spacial score (nSPS) is 13.7. The van der Waals surface area contributed by atoms with Gasteiger partial charge in [-0.2, -0.15) is 5.26 Å². The fraction of sp³-hybridized carbons (Fsp3) is 0.429. The molecular formula is C14H16ClN3O. The summed E-state index contributed by atoms with van der Waals surface area (Å²) < 4.78 is 0. The van der Waals surface area contributed by atoms with E-state index in [1.165, 1.54) is 0 Å². The molecule has 1 aliphatic rings.